The molecule has 1 rings (SSSR count). The van der Waals surface area contributed by atoms with E-state index in [0.29, 0.717) is 12.0 Å². The number of rotatable bonds is 6. The van der Waals surface area contributed by atoms with Crippen LogP contribution in [0.5, 0.6) is 0 Å². The van der Waals surface area contributed by atoms with Gasteiger partial charge in [-0.2, -0.15) is 0 Å². The largest absolute Gasteiger partial charge is 0.294 e. The Kier molecular flexibility index (Phi) is 5.54. The number of Topliss-reactive ketones (excluding diaryl/α,β-unsaturated/α-hetero) is 1. The Hall–Kier alpha value is -0.700. The molecule has 0 heterocycles. The quantitative estimate of drug-likeness (QED) is 0.435. The summed E-state index contributed by atoms with van der Waals surface area (Å²) in [6, 6.07) is 5.88. The lowest BCUT2D eigenvalue weighted by molar-refractivity contribution is 0.0979. The second-order valence-corrected chi connectivity index (χ2v) is 4.23. The normalized spacial score (nSPS) is 10.3. The van der Waals surface area contributed by atoms with Crippen molar-refractivity contribution in [2.75, 3.05) is 5.33 Å². The topological polar surface area (TPSA) is 17.1 Å². The van der Waals surface area contributed by atoms with Crippen LogP contribution >= 0.6 is 15.9 Å². The number of ketones is 1. The number of halogens is 2. The number of alkyl halides is 1. The Balaban J connectivity index is 2.40. The standard InChI is InChI=1S/C12H14BrFO/c13-8-3-1-2-7-12(15)10-5-4-6-11(14)9-10/h4-6,9H,1-3,7-8H2. The van der Waals surface area contributed by atoms with Crippen LogP contribution in [0.1, 0.15) is 36.0 Å². The van der Waals surface area contributed by atoms with E-state index in [1.54, 1.807) is 12.1 Å². The van der Waals surface area contributed by atoms with Crippen LogP contribution in [0.2, 0.25) is 0 Å². The Morgan fingerprint density at radius 3 is 2.73 bits per heavy atom. The van der Waals surface area contributed by atoms with E-state index in [-0.39, 0.29) is 11.6 Å². The van der Waals surface area contributed by atoms with Crippen molar-refractivity contribution in [3.05, 3.63) is 35.6 Å². The maximum absolute atomic E-state index is 12.8. The lowest BCUT2D eigenvalue weighted by atomic mass is 10.0. The molecule has 0 aliphatic heterocycles. The van der Waals surface area contributed by atoms with E-state index >= 15 is 0 Å². The summed E-state index contributed by atoms with van der Waals surface area (Å²) in [6.07, 6.45) is 3.50. The number of carbonyl (C=O) groups is 1. The summed E-state index contributed by atoms with van der Waals surface area (Å²) in [5, 5.41) is 0.973. The second-order valence-electron chi connectivity index (χ2n) is 3.43. The zero-order chi connectivity index (χ0) is 11.1. The number of hydrogen-bond donors (Lipinski definition) is 0. The van der Waals surface area contributed by atoms with E-state index in [1.807, 2.05) is 0 Å². The van der Waals surface area contributed by atoms with Crippen LogP contribution in [0.15, 0.2) is 24.3 Å². The molecule has 0 aliphatic carbocycles. The first-order valence-corrected chi connectivity index (χ1v) is 6.21. The number of benzene rings is 1. The fraction of sp³-hybridized carbons (Fsp3) is 0.417. The van der Waals surface area contributed by atoms with Gasteiger partial charge in [-0.1, -0.05) is 34.5 Å². The van der Waals surface area contributed by atoms with Crippen molar-refractivity contribution in [3.8, 4) is 0 Å². The summed E-state index contributed by atoms with van der Waals surface area (Å²) in [7, 11) is 0. The van der Waals surface area contributed by atoms with E-state index < -0.39 is 0 Å². The van der Waals surface area contributed by atoms with Crippen LogP contribution in [-0.4, -0.2) is 11.1 Å². The first-order chi connectivity index (χ1) is 7.24. The Labute approximate surface area is 97.8 Å². The molecule has 0 fully saturated rings. The molecule has 0 saturated heterocycles. The Morgan fingerprint density at radius 1 is 1.27 bits per heavy atom. The van der Waals surface area contributed by atoms with Gasteiger partial charge in [0.2, 0.25) is 0 Å². The van der Waals surface area contributed by atoms with Crippen LogP contribution in [0.3, 0.4) is 0 Å². The minimum Gasteiger partial charge on any atom is -0.294 e. The highest BCUT2D eigenvalue weighted by Crippen LogP contribution is 2.10. The third-order valence-corrected chi connectivity index (χ3v) is 2.74. The third-order valence-electron chi connectivity index (χ3n) is 2.18. The van der Waals surface area contributed by atoms with Crippen molar-refractivity contribution in [3.63, 3.8) is 0 Å². The zero-order valence-corrected chi connectivity index (χ0v) is 10.1. The monoisotopic (exact) mass is 272 g/mol. The fourth-order valence-electron chi connectivity index (χ4n) is 1.36. The van der Waals surface area contributed by atoms with Crippen molar-refractivity contribution in [1.82, 2.24) is 0 Å². The maximum atomic E-state index is 12.8. The molecule has 15 heavy (non-hydrogen) atoms. The van der Waals surface area contributed by atoms with Gasteiger partial charge >= 0.3 is 0 Å². The summed E-state index contributed by atoms with van der Waals surface area (Å²) in [6.45, 7) is 0. The summed E-state index contributed by atoms with van der Waals surface area (Å²) in [5.74, 6) is -0.314. The van der Waals surface area contributed by atoms with E-state index in [0.717, 1.165) is 24.6 Å². The average Bonchev–Trinajstić information content (AvgIpc) is 2.24. The number of unbranched alkanes of at least 4 members (excludes halogenated alkanes) is 2. The molecule has 0 bridgehead atoms. The van der Waals surface area contributed by atoms with Gasteiger partial charge in [0.15, 0.2) is 5.78 Å². The Bertz CT molecular complexity index is 325. The van der Waals surface area contributed by atoms with Crippen LogP contribution in [-0.2, 0) is 0 Å². The van der Waals surface area contributed by atoms with Crippen molar-refractivity contribution >= 4 is 21.7 Å². The third kappa shape index (κ3) is 4.56. The highest BCUT2D eigenvalue weighted by atomic mass is 79.9. The molecule has 0 atom stereocenters. The van der Waals surface area contributed by atoms with Gasteiger partial charge in [-0.05, 0) is 25.0 Å². The van der Waals surface area contributed by atoms with Crippen LogP contribution < -0.4 is 0 Å². The van der Waals surface area contributed by atoms with Crippen LogP contribution in [0.25, 0.3) is 0 Å². The summed E-state index contributed by atoms with van der Waals surface area (Å²) < 4.78 is 12.8. The molecule has 0 aromatic heterocycles. The van der Waals surface area contributed by atoms with Crippen molar-refractivity contribution in [2.45, 2.75) is 25.7 Å². The molecule has 0 radical (unpaired) electrons. The van der Waals surface area contributed by atoms with E-state index in [2.05, 4.69) is 15.9 Å². The highest BCUT2D eigenvalue weighted by molar-refractivity contribution is 9.09. The van der Waals surface area contributed by atoms with E-state index in [4.69, 9.17) is 0 Å². The van der Waals surface area contributed by atoms with Gasteiger partial charge < -0.3 is 0 Å². The lowest BCUT2D eigenvalue weighted by Crippen LogP contribution is -1.99. The van der Waals surface area contributed by atoms with Gasteiger partial charge in [-0.25, -0.2) is 4.39 Å². The Morgan fingerprint density at radius 2 is 2.07 bits per heavy atom. The van der Waals surface area contributed by atoms with Crippen molar-refractivity contribution < 1.29 is 9.18 Å². The predicted molar refractivity (Wildman–Crippen MR) is 63.0 cm³/mol. The second kappa shape index (κ2) is 6.72. The van der Waals surface area contributed by atoms with Crippen LogP contribution in [0, 0.1) is 5.82 Å². The van der Waals surface area contributed by atoms with Crippen LogP contribution in [0.4, 0.5) is 4.39 Å². The highest BCUT2D eigenvalue weighted by Gasteiger charge is 2.05. The van der Waals surface area contributed by atoms with Gasteiger partial charge in [-0.15, -0.1) is 0 Å². The summed E-state index contributed by atoms with van der Waals surface area (Å²) in [4.78, 5) is 11.6. The molecular weight excluding hydrogens is 259 g/mol. The number of carbonyl (C=O) groups excluding carboxylic acids is 1. The molecule has 0 amide bonds. The average molecular weight is 273 g/mol. The van der Waals surface area contributed by atoms with Crippen molar-refractivity contribution in [2.24, 2.45) is 0 Å². The molecule has 1 aromatic carbocycles. The summed E-state index contributed by atoms with van der Waals surface area (Å²) in [5.41, 5.74) is 0.480. The summed E-state index contributed by atoms with van der Waals surface area (Å²) >= 11 is 3.34. The van der Waals surface area contributed by atoms with Gasteiger partial charge in [0, 0.05) is 17.3 Å². The maximum Gasteiger partial charge on any atom is 0.162 e. The smallest absolute Gasteiger partial charge is 0.162 e. The first kappa shape index (κ1) is 12.4. The van der Waals surface area contributed by atoms with Gasteiger partial charge in [0.25, 0.3) is 0 Å². The molecule has 0 aliphatic rings. The van der Waals surface area contributed by atoms with E-state index in [1.165, 1.54) is 12.1 Å². The molecule has 3 heteroatoms. The predicted octanol–water partition coefficient (Wildman–Crippen LogP) is 3.96. The molecular formula is C12H14BrFO. The van der Waals surface area contributed by atoms with Gasteiger partial charge in [0.05, 0.1) is 0 Å². The minimum atomic E-state index is -0.346. The minimum absolute atomic E-state index is 0.0315. The molecule has 0 unspecified atom stereocenters. The zero-order valence-electron chi connectivity index (χ0n) is 8.51. The van der Waals surface area contributed by atoms with Crippen molar-refractivity contribution in [1.29, 1.82) is 0 Å². The van der Waals surface area contributed by atoms with Gasteiger partial charge in [0.1, 0.15) is 5.82 Å². The molecule has 0 saturated carbocycles. The van der Waals surface area contributed by atoms with Gasteiger partial charge in [-0.3, -0.25) is 4.79 Å². The fourth-order valence-corrected chi connectivity index (χ4v) is 1.76. The van der Waals surface area contributed by atoms with E-state index in [9.17, 15) is 9.18 Å². The number of hydrogen-bond acceptors (Lipinski definition) is 1. The first-order valence-electron chi connectivity index (χ1n) is 5.09. The molecule has 1 nitrogen and oxygen atoms in total. The SMILES string of the molecule is O=C(CCCCCBr)c1cccc(F)c1. The lowest BCUT2D eigenvalue weighted by Gasteiger charge is -2.00. The molecule has 0 N–H and O–H groups in total. The molecule has 1 aromatic rings. The molecule has 0 spiro atoms. The molecule has 82 valence electrons.